The zero-order valence-electron chi connectivity index (χ0n) is 10.7. The molecule has 0 N–H and O–H groups in total. The average molecular weight is 279 g/mol. The molecule has 3 rings (SSSR count). The summed E-state index contributed by atoms with van der Waals surface area (Å²) in [5.74, 6) is 0.374. The van der Waals surface area contributed by atoms with E-state index in [1.807, 2.05) is 30.3 Å². The highest BCUT2D eigenvalue weighted by molar-refractivity contribution is 7.82. The summed E-state index contributed by atoms with van der Waals surface area (Å²) >= 11 is 0. The molecule has 0 aromatic heterocycles. The van der Waals surface area contributed by atoms with Crippen LogP contribution in [0.3, 0.4) is 0 Å². The Hall–Kier alpha value is -1.36. The number of benzene rings is 1. The van der Waals surface area contributed by atoms with E-state index in [-0.39, 0.29) is 12.1 Å². The van der Waals surface area contributed by atoms with E-state index >= 15 is 0 Å². The Morgan fingerprint density at radius 3 is 2.74 bits per heavy atom. The van der Waals surface area contributed by atoms with Gasteiger partial charge in [0, 0.05) is 0 Å². The minimum Gasteiger partial charge on any atom is -0.443 e. The molecule has 0 spiro atoms. The quantitative estimate of drug-likeness (QED) is 0.854. The van der Waals surface area contributed by atoms with Crippen molar-refractivity contribution in [1.82, 2.24) is 4.31 Å². The molecule has 1 amide bonds. The van der Waals surface area contributed by atoms with Crippen molar-refractivity contribution in [2.45, 2.75) is 43.6 Å². The van der Waals surface area contributed by atoms with Crippen LogP contribution in [0, 0.1) is 0 Å². The fourth-order valence-corrected chi connectivity index (χ4v) is 4.19. The molecule has 1 heterocycles. The van der Waals surface area contributed by atoms with E-state index in [0.29, 0.717) is 5.75 Å². The van der Waals surface area contributed by atoms with Crippen LogP contribution in [0.2, 0.25) is 0 Å². The number of rotatable bonds is 3. The monoisotopic (exact) mass is 279 g/mol. The Morgan fingerprint density at radius 1 is 1.21 bits per heavy atom. The maximum Gasteiger partial charge on any atom is 0.422 e. The number of amides is 1. The normalized spacial score (nSPS) is 27.8. The van der Waals surface area contributed by atoms with Gasteiger partial charge in [-0.15, -0.1) is 0 Å². The van der Waals surface area contributed by atoms with E-state index in [9.17, 15) is 9.00 Å². The van der Waals surface area contributed by atoms with Crippen molar-refractivity contribution in [2.24, 2.45) is 0 Å². The van der Waals surface area contributed by atoms with E-state index in [1.54, 1.807) is 0 Å². The number of hydrogen-bond acceptors (Lipinski definition) is 3. The smallest absolute Gasteiger partial charge is 0.422 e. The lowest BCUT2D eigenvalue weighted by Crippen LogP contribution is -2.40. The topological polar surface area (TPSA) is 46.6 Å². The van der Waals surface area contributed by atoms with E-state index < -0.39 is 17.1 Å². The third-order valence-corrected chi connectivity index (χ3v) is 5.19. The maximum atomic E-state index is 12.4. The van der Waals surface area contributed by atoms with Crippen molar-refractivity contribution in [3.05, 3.63) is 35.9 Å². The van der Waals surface area contributed by atoms with Gasteiger partial charge in [0.15, 0.2) is 0 Å². The molecular weight excluding hydrogens is 262 g/mol. The van der Waals surface area contributed by atoms with Gasteiger partial charge in [0.2, 0.25) is 0 Å². The van der Waals surface area contributed by atoms with Crippen LogP contribution in [0.15, 0.2) is 30.3 Å². The Morgan fingerprint density at radius 2 is 1.95 bits per heavy atom. The molecule has 1 aromatic carbocycles. The van der Waals surface area contributed by atoms with Gasteiger partial charge < -0.3 is 4.74 Å². The van der Waals surface area contributed by atoms with Gasteiger partial charge in [-0.1, -0.05) is 36.8 Å². The SMILES string of the molecule is O=C1O[C@H]2CCCC[C@H]2N1[S@](=O)Cc1ccccc1. The lowest BCUT2D eigenvalue weighted by molar-refractivity contribution is 0.113. The third kappa shape index (κ3) is 2.52. The van der Waals surface area contributed by atoms with Crippen molar-refractivity contribution in [3.63, 3.8) is 0 Å². The number of carbonyl (C=O) groups excluding carboxylic acids is 1. The molecule has 0 bridgehead atoms. The Labute approximate surface area is 115 Å². The van der Waals surface area contributed by atoms with Gasteiger partial charge in [-0.3, -0.25) is 0 Å². The summed E-state index contributed by atoms with van der Waals surface area (Å²) in [6.45, 7) is 0. The molecule has 0 unspecified atom stereocenters. The van der Waals surface area contributed by atoms with Gasteiger partial charge in [0.25, 0.3) is 0 Å². The molecule has 102 valence electrons. The van der Waals surface area contributed by atoms with E-state index in [0.717, 1.165) is 31.2 Å². The zero-order chi connectivity index (χ0) is 13.2. The van der Waals surface area contributed by atoms with E-state index in [2.05, 4.69) is 0 Å². The highest BCUT2D eigenvalue weighted by Crippen LogP contribution is 2.33. The molecule has 1 aliphatic carbocycles. The van der Waals surface area contributed by atoms with Crippen LogP contribution in [0.25, 0.3) is 0 Å². The molecule has 1 saturated heterocycles. The highest BCUT2D eigenvalue weighted by atomic mass is 32.2. The second-order valence-corrected chi connectivity index (χ2v) is 6.38. The van der Waals surface area contributed by atoms with Crippen LogP contribution < -0.4 is 0 Å². The average Bonchev–Trinajstić information content (AvgIpc) is 2.75. The van der Waals surface area contributed by atoms with Crippen LogP contribution in [0.4, 0.5) is 4.79 Å². The highest BCUT2D eigenvalue weighted by Gasteiger charge is 2.45. The van der Waals surface area contributed by atoms with Crippen molar-refractivity contribution < 1.29 is 13.7 Å². The number of fused-ring (bicyclic) bond motifs is 1. The number of carbonyl (C=O) groups is 1. The predicted molar refractivity (Wildman–Crippen MR) is 72.7 cm³/mol. The van der Waals surface area contributed by atoms with Crippen LogP contribution in [0.1, 0.15) is 31.2 Å². The van der Waals surface area contributed by atoms with Crippen LogP contribution in [-0.4, -0.2) is 26.8 Å². The summed E-state index contributed by atoms with van der Waals surface area (Å²) in [7, 11) is -1.34. The number of ether oxygens (including phenoxy) is 1. The molecule has 2 fully saturated rings. The standard InChI is InChI=1S/C14H17NO3S/c16-14-15(12-8-4-5-9-13(12)18-14)19(17)10-11-6-2-1-3-7-11/h1-3,6-7,12-13H,4-5,8-10H2/t12-,13+,19-/m1/s1. The van der Waals surface area contributed by atoms with Gasteiger partial charge in [-0.25, -0.2) is 13.3 Å². The molecule has 19 heavy (non-hydrogen) atoms. The molecule has 1 aromatic rings. The number of nitrogens with zero attached hydrogens (tertiary/aromatic N) is 1. The van der Waals surface area contributed by atoms with E-state index in [1.165, 1.54) is 4.31 Å². The minimum absolute atomic E-state index is 0.00537. The van der Waals surface area contributed by atoms with Crippen molar-refractivity contribution in [2.75, 3.05) is 0 Å². The van der Waals surface area contributed by atoms with Crippen molar-refractivity contribution in [1.29, 1.82) is 0 Å². The Kier molecular flexibility index (Phi) is 3.55. The molecule has 1 aliphatic heterocycles. The first-order chi connectivity index (χ1) is 9.25. The summed E-state index contributed by atoms with van der Waals surface area (Å²) in [4.78, 5) is 11.9. The summed E-state index contributed by atoms with van der Waals surface area (Å²) < 4.78 is 19.2. The van der Waals surface area contributed by atoms with Gasteiger partial charge in [0.05, 0.1) is 11.8 Å². The third-order valence-electron chi connectivity index (χ3n) is 3.75. The van der Waals surface area contributed by atoms with Gasteiger partial charge >= 0.3 is 6.09 Å². The fraction of sp³-hybridized carbons (Fsp3) is 0.500. The van der Waals surface area contributed by atoms with Gasteiger partial charge in [-0.05, 0) is 24.8 Å². The molecule has 1 saturated carbocycles. The first-order valence-corrected chi connectivity index (χ1v) is 7.95. The lowest BCUT2D eigenvalue weighted by Gasteiger charge is -2.26. The lowest BCUT2D eigenvalue weighted by atomic mass is 9.93. The van der Waals surface area contributed by atoms with Gasteiger partial charge in [-0.2, -0.15) is 0 Å². The van der Waals surface area contributed by atoms with Crippen molar-refractivity contribution in [3.8, 4) is 0 Å². The minimum atomic E-state index is -1.34. The van der Waals surface area contributed by atoms with Gasteiger partial charge in [0.1, 0.15) is 17.1 Å². The summed E-state index contributed by atoms with van der Waals surface area (Å²) in [5, 5.41) is 0. The second kappa shape index (κ2) is 5.33. The predicted octanol–water partition coefficient (Wildman–Crippen LogP) is 2.61. The molecule has 0 radical (unpaired) electrons. The first-order valence-electron chi connectivity index (χ1n) is 6.68. The molecular formula is C14H17NO3S. The number of hydrogen-bond donors (Lipinski definition) is 0. The fourth-order valence-electron chi connectivity index (χ4n) is 2.82. The Bertz CT molecular complexity index is 491. The van der Waals surface area contributed by atoms with E-state index in [4.69, 9.17) is 4.74 Å². The summed E-state index contributed by atoms with van der Waals surface area (Å²) in [6.07, 6.45) is 3.50. The second-order valence-electron chi connectivity index (χ2n) is 5.05. The maximum absolute atomic E-state index is 12.4. The largest absolute Gasteiger partial charge is 0.443 e. The van der Waals surface area contributed by atoms with Crippen LogP contribution >= 0.6 is 0 Å². The molecule has 2 aliphatic rings. The van der Waals surface area contributed by atoms with Crippen LogP contribution in [0.5, 0.6) is 0 Å². The zero-order valence-corrected chi connectivity index (χ0v) is 11.5. The van der Waals surface area contributed by atoms with Crippen LogP contribution in [-0.2, 0) is 21.5 Å². The molecule has 5 heteroatoms. The summed E-state index contributed by atoms with van der Waals surface area (Å²) in [5.41, 5.74) is 0.980. The molecule has 3 atom stereocenters. The molecule has 4 nitrogen and oxygen atoms in total. The first kappa shape index (κ1) is 12.7. The Balaban J connectivity index is 1.74. The summed E-state index contributed by atoms with van der Waals surface area (Å²) in [6, 6.07) is 9.62. The van der Waals surface area contributed by atoms with Crippen molar-refractivity contribution >= 4 is 17.1 Å².